The maximum atomic E-state index is 13.4. The molecule has 184 valence electrons. The van der Waals surface area contributed by atoms with E-state index in [9.17, 15) is 9.59 Å². The van der Waals surface area contributed by atoms with Crippen molar-refractivity contribution in [2.75, 3.05) is 6.61 Å². The van der Waals surface area contributed by atoms with E-state index in [0.29, 0.717) is 13.0 Å². The quantitative estimate of drug-likeness (QED) is 0.473. The minimum atomic E-state index is -0.587. The average Bonchev–Trinajstić information content (AvgIpc) is 3.58. The van der Waals surface area contributed by atoms with Crippen molar-refractivity contribution in [3.05, 3.63) is 114 Å². The SMILES string of the molecule is O=C(CC(c1ccc(OCc2ccccc2)cc1)C1C=CON1)N1C(=O)OCC1Cc1ccccc1. The lowest BCUT2D eigenvalue weighted by Gasteiger charge is -2.26. The van der Waals surface area contributed by atoms with Gasteiger partial charge in [-0.3, -0.25) is 4.79 Å². The lowest BCUT2D eigenvalue weighted by atomic mass is 9.88. The first-order valence-electron chi connectivity index (χ1n) is 12.0. The molecule has 3 atom stereocenters. The molecule has 1 N–H and O–H groups in total. The van der Waals surface area contributed by atoms with E-state index in [1.807, 2.05) is 91.0 Å². The molecule has 7 heteroatoms. The highest BCUT2D eigenvalue weighted by atomic mass is 16.6. The van der Waals surface area contributed by atoms with Gasteiger partial charge in [0.2, 0.25) is 5.91 Å². The molecule has 2 aliphatic heterocycles. The Balaban J connectivity index is 1.29. The molecule has 0 radical (unpaired) electrons. The molecule has 0 spiro atoms. The van der Waals surface area contributed by atoms with Crippen LogP contribution >= 0.6 is 0 Å². The summed E-state index contributed by atoms with van der Waals surface area (Å²) in [5.41, 5.74) is 6.02. The smallest absolute Gasteiger partial charge is 0.416 e. The Morgan fingerprint density at radius 2 is 1.67 bits per heavy atom. The first kappa shape index (κ1) is 23.6. The van der Waals surface area contributed by atoms with E-state index in [4.69, 9.17) is 14.3 Å². The van der Waals surface area contributed by atoms with Crippen molar-refractivity contribution in [3.63, 3.8) is 0 Å². The van der Waals surface area contributed by atoms with Crippen LogP contribution < -0.4 is 10.2 Å². The summed E-state index contributed by atoms with van der Waals surface area (Å²) in [7, 11) is 0. The molecule has 7 nitrogen and oxygen atoms in total. The minimum absolute atomic E-state index is 0.121. The van der Waals surface area contributed by atoms with Crippen LogP contribution in [0.4, 0.5) is 4.79 Å². The van der Waals surface area contributed by atoms with Gasteiger partial charge >= 0.3 is 6.09 Å². The molecule has 1 saturated heterocycles. The van der Waals surface area contributed by atoms with Crippen LogP contribution in [0.25, 0.3) is 0 Å². The van der Waals surface area contributed by atoms with Crippen molar-refractivity contribution in [1.29, 1.82) is 0 Å². The molecule has 2 amide bonds. The normalized spacial score (nSPS) is 19.6. The molecule has 0 aliphatic carbocycles. The number of nitrogens with zero attached hydrogens (tertiary/aromatic N) is 1. The molecular weight excluding hydrogens is 456 g/mol. The van der Waals surface area contributed by atoms with Gasteiger partial charge in [-0.2, -0.15) is 0 Å². The highest BCUT2D eigenvalue weighted by Gasteiger charge is 2.39. The molecule has 0 aromatic heterocycles. The zero-order valence-corrected chi connectivity index (χ0v) is 19.8. The van der Waals surface area contributed by atoms with Gasteiger partial charge in [-0.25, -0.2) is 9.69 Å². The Hall–Kier alpha value is -4.10. The van der Waals surface area contributed by atoms with Gasteiger partial charge in [0.1, 0.15) is 25.2 Å². The van der Waals surface area contributed by atoms with Gasteiger partial charge in [0, 0.05) is 12.3 Å². The molecule has 3 aromatic carbocycles. The Morgan fingerprint density at radius 3 is 2.33 bits per heavy atom. The van der Waals surface area contributed by atoms with Gasteiger partial charge < -0.3 is 14.3 Å². The molecule has 0 bridgehead atoms. The fourth-order valence-electron chi connectivity index (χ4n) is 4.59. The number of imide groups is 1. The summed E-state index contributed by atoms with van der Waals surface area (Å²) in [6.45, 7) is 0.672. The molecule has 2 heterocycles. The standard InChI is InChI=1S/C29H28N2O5/c32-28(31-24(20-35-29(31)33)17-21-7-3-1-4-8-21)18-26(27-15-16-36-30-27)23-11-13-25(14-12-23)34-19-22-9-5-2-6-10-22/h1-16,24,26-27,30H,17-20H2. The number of carbonyl (C=O) groups excluding carboxylic acids is 2. The maximum Gasteiger partial charge on any atom is 0.416 e. The van der Waals surface area contributed by atoms with Gasteiger partial charge in [0.15, 0.2) is 0 Å². The first-order valence-corrected chi connectivity index (χ1v) is 12.0. The number of hydroxylamine groups is 1. The summed E-state index contributed by atoms with van der Waals surface area (Å²) in [6, 6.07) is 26.9. The highest BCUT2D eigenvalue weighted by molar-refractivity contribution is 5.94. The Morgan fingerprint density at radius 1 is 0.972 bits per heavy atom. The number of cyclic esters (lactones) is 1. The van der Waals surface area contributed by atoms with Crippen molar-refractivity contribution in [2.45, 2.75) is 37.5 Å². The number of benzene rings is 3. The van der Waals surface area contributed by atoms with Crippen molar-refractivity contribution < 1.29 is 23.9 Å². The van der Waals surface area contributed by atoms with Crippen LogP contribution in [0.15, 0.2) is 97.3 Å². The number of carbonyl (C=O) groups is 2. The third-order valence-corrected chi connectivity index (χ3v) is 6.49. The van der Waals surface area contributed by atoms with Gasteiger partial charge in [0.25, 0.3) is 0 Å². The largest absolute Gasteiger partial charge is 0.489 e. The average molecular weight is 485 g/mol. The van der Waals surface area contributed by atoms with E-state index in [-0.39, 0.29) is 36.9 Å². The summed E-state index contributed by atoms with van der Waals surface area (Å²) < 4.78 is 11.2. The lowest BCUT2D eigenvalue weighted by Crippen LogP contribution is -2.42. The number of rotatable bonds is 9. The number of hydrogen-bond acceptors (Lipinski definition) is 6. The predicted octanol–water partition coefficient (Wildman–Crippen LogP) is 4.75. The van der Waals surface area contributed by atoms with Crippen LogP contribution in [0, 0.1) is 0 Å². The number of amides is 2. The van der Waals surface area contributed by atoms with Crippen molar-refractivity contribution in [3.8, 4) is 5.75 Å². The van der Waals surface area contributed by atoms with E-state index in [1.165, 1.54) is 4.90 Å². The van der Waals surface area contributed by atoms with Crippen molar-refractivity contribution in [2.24, 2.45) is 0 Å². The summed E-state index contributed by atoms with van der Waals surface area (Å²) >= 11 is 0. The zero-order chi connectivity index (χ0) is 24.7. The number of nitrogens with one attached hydrogen (secondary N) is 1. The second kappa shape index (κ2) is 11.1. The minimum Gasteiger partial charge on any atom is -0.489 e. The summed E-state index contributed by atoms with van der Waals surface area (Å²) in [4.78, 5) is 32.4. The molecule has 36 heavy (non-hydrogen) atoms. The topological polar surface area (TPSA) is 77.1 Å². The second-order valence-electron chi connectivity index (χ2n) is 8.93. The second-order valence-corrected chi connectivity index (χ2v) is 8.93. The first-order chi connectivity index (χ1) is 17.7. The van der Waals surface area contributed by atoms with Gasteiger partial charge in [0.05, 0.1) is 12.1 Å². The van der Waals surface area contributed by atoms with E-state index in [0.717, 1.165) is 22.4 Å². The van der Waals surface area contributed by atoms with Crippen LogP contribution in [0.2, 0.25) is 0 Å². The van der Waals surface area contributed by atoms with Gasteiger partial charge in [-0.05, 0) is 41.3 Å². The predicted molar refractivity (Wildman–Crippen MR) is 134 cm³/mol. The number of hydrogen-bond donors (Lipinski definition) is 1. The summed E-state index contributed by atoms with van der Waals surface area (Å²) in [5.74, 6) is 0.227. The monoisotopic (exact) mass is 484 g/mol. The van der Waals surface area contributed by atoms with Crippen molar-refractivity contribution in [1.82, 2.24) is 10.4 Å². The van der Waals surface area contributed by atoms with E-state index in [2.05, 4.69) is 5.48 Å². The maximum absolute atomic E-state index is 13.4. The lowest BCUT2D eigenvalue weighted by molar-refractivity contribution is -0.129. The Labute approximate surface area is 210 Å². The zero-order valence-electron chi connectivity index (χ0n) is 19.8. The Kier molecular flexibility index (Phi) is 7.28. The third kappa shape index (κ3) is 5.58. The van der Waals surface area contributed by atoms with Crippen molar-refractivity contribution >= 4 is 12.0 Å². The molecule has 5 rings (SSSR count). The van der Waals surface area contributed by atoms with E-state index < -0.39 is 6.09 Å². The summed E-state index contributed by atoms with van der Waals surface area (Å²) in [5, 5.41) is 0. The fourth-order valence-corrected chi connectivity index (χ4v) is 4.59. The summed E-state index contributed by atoms with van der Waals surface area (Å²) in [6.07, 6.45) is 3.54. The van der Waals surface area contributed by atoms with E-state index in [1.54, 1.807) is 6.26 Å². The van der Waals surface area contributed by atoms with Crippen LogP contribution in [0.3, 0.4) is 0 Å². The molecular formula is C29H28N2O5. The fraction of sp³-hybridized carbons (Fsp3) is 0.241. The van der Waals surface area contributed by atoms with Crippen LogP contribution in [0.1, 0.15) is 29.0 Å². The third-order valence-electron chi connectivity index (χ3n) is 6.49. The molecule has 2 aliphatic rings. The molecule has 0 saturated carbocycles. The Bertz CT molecular complexity index is 1200. The van der Waals surface area contributed by atoms with Gasteiger partial charge in [-0.15, -0.1) is 5.48 Å². The van der Waals surface area contributed by atoms with Crippen LogP contribution in [-0.2, 0) is 27.4 Å². The van der Waals surface area contributed by atoms with E-state index >= 15 is 0 Å². The highest BCUT2D eigenvalue weighted by Crippen LogP contribution is 2.30. The van der Waals surface area contributed by atoms with Crippen LogP contribution in [-0.4, -0.2) is 35.6 Å². The molecule has 3 unspecified atom stereocenters. The number of ether oxygens (including phenoxy) is 2. The molecule has 1 fully saturated rings. The van der Waals surface area contributed by atoms with Crippen LogP contribution in [0.5, 0.6) is 5.75 Å². The van der Waals surface area contributed by atoms with Gasteiger partial charge in [-0.1, -0.05) is 72.8 Å². The molecule has 3 aromatic rings.